The molecule has 0 saturated heterocycles. The summed E-state index contributed by atoms with van der Waals surface area (Å²) in [4.78, 5) is 11.8. The minimum absolute atomic E-state index is 0.0528. The second-order valence-electron chi connectivity index (χ2n) is 4.72. The molecular formula is C17H19NO2. The van der Waals surface area contributed by atoms with Gasteiger partial charge in [-0.25, -0.2) is 0 Å². The van der Waals surface area contributed by atoms with E-state index in [1.807, 2.05) is 49.4 Å². The molecule has 0 aliphatic rings. The zero-order valence-corrected chi connectivity index (χ0v) is 11.6. The van der Waals surface area contributed by atoms with Gasteiger partial charge in [-0.2, -0.15) is 0 Å². The number of ether oxygens (including phenoxy) is 1. The lowest BCUT2D eigenvalue weighted by Crippen LogP contribution is -2.08. The van der Waals surface area contributed by atoms with Crippen LogP contribution in [-0.4, -0.2) is 12.3 Å². The monoisotopic (exact) mass is 269 g/mol. The quantitative estimate of drug-likeness (QED) is 0.820. The Morgan fingerprint density at radius 2 is 1.90 bits per heavy atom. The molecule has 0 radical (unpaired) electrons. The van der Waals surface area contributed by atoms with Crippen LogP contribution in [0.1, 0.15) is 27.9 Å². The molecule has 0 unspecified atom stereocenters. The summed E-state index contributed by atoms with van der Waals surface area (Å²) in [7, 11) is 0. The van der Waals surface area contributed by atoms with Crippen molar-refractivity contribution in [3.63, 3.8) is 0 Å². The Balaban J connectivity index is 2.10. The number of hydrogen-bond donors (Lipinski definition) is 1. The van der Waals surface area contributed by atoms with E-state index in [9.17, 15) is 4.79 Å². The molecule has 2 aromatic rings. The van der Waals surface area contributed by atoms with Gasteiger partial charge >= 0.3 is 0 Å². The average Bonchev–Trinajstić information content (AvgIpc) is 2.47. The van der Waals surface area contributed by atoms with Crippen LogP contribution in [0.2, 0.25) is 0 Å². The standard InChI is InChI=1S/C17H19NO2/c1-13-7-8-15(16(19)9-10-18)11-17(13)20-12-14-5-3-2-4-6-14/h2-8,11H,9-10,12,18H2,1H3. The van der Waals surface area contributed by atoms with E-state index in [1.54, 1.807) is 6.07 Å². The third kappa shape index (κ3) is 3.68. The second kappa shape index (κ2) is 6.87. The topological polar surface area (TPSA) is 52.3 Å². The number of rotatable bonds is 6. The Hall–Kier alpha value is -2.13. The Labute approximate surface area is 119 Å². The SMILES string of the molecule is Cc1ccc(C(=O)CCN)cc1OCc1ccccc1. The van der Waals surface area contributed by atoms with Gasteiger partial charge in [0, 0.05) is 12.0 Å². The van der Waals surface area contributed by atoms with Crippen LogP contribution in [-0.2, 0) is 6.61 Å². The molecule has 3 nitrogen and oxygen atoms in total. The summed E-state index contributed by atoms with van der Waals surface area (Å²) in [6, 6.07) is 15.5. The molecule has 2 N–H and O–H groups in total. The van der Waals surface area contributed by atoms with Crippen molar-refractivity contribution in [3.8, 4) is 5.75 Å². The van der Waals surface area contributed by atoms with Gasteiger partial charge < -0.3 is 10.5 Å². The van der Waals surface area contributed by atoms with E-state index in [0.717, 1.165) is 16.9 Å². The number of carbonyl (C=O) groups is 1. The number of nitrogens with two attached hydrogens (primary N) is 1. The van der Waals surface area contributed by atoms with Crippen LogP contribution in [0.15, 0.2) is 48.5 Å². The summed E-state index contributed by atoms with van der Waals surface area (Å²) < 4.78 is 5.81. The first-order chi connectivity index (χ1) is 9.70. The highest BCUT2D eigenvalue weighted by atomic mass is 16.5. The fourth-order valence-corrected chi connectivity index (χ4v) is 1.94. The Bertz CT molecular complexity index is 579. The van der Waals surface area contributed by atoms with E-state index >= 15 is 0 Å². The van der Waals surface area contributed by atoms with E-state index in [2.05, 4.69) is 0 Å². The van der Waals surface area contributed by atoms with Gasteiger partial charge in [-0.3, -0.25) is 4.79 Å². The summed E-state index contributed by atoms with van der Waals surface area (Å²) in [6.07, 6.45) is 0.362. The molecule has 0 aromatic heterocycles. The summed E-state index contributed by atoms with van der Waals surface area (Å²) >= 11 is 0. The molecule has 0 spiro atoms. The number of ketones is 1. The molecule has 2 rings (SSSR count). The first-order valence-corrected chi connectivity index (χ1v) is 6.71. The van der Waals surface area contributed by atoms with Crippen molar-refractivity contribution in [2.45, 2.75) is 20.0 Å². The van der Waals surface area contributed by atoms with Crippen molar-refractivity contribution >= 4 is 5.78 Å². The molecule has 0 bridgehead atoms. The van der Waals surface area contributed by atoms with E-state index < -0.39 is 0 Å². The van der Waals surface area contributed by atoms with Crippen molar-refractivity contribution in [2.75, 3.05) is 6.54 Å². The van der Waals surface area contributed by atoms with Gasteiger partial charge in [0.25, 0.3) is 0 Å². The average molecular weight is 269 g/mol. The molecule has 0 atom stereocenters. The minimum atomic E-state index is 0.0528. The molecule has 0 amide bonds. The van der Waals surface area contributed by atoms with Crippen molar-refractivity contribution in [2.24, 2.45) is 5.73 Å². The number of aryl methyl sites for hydroxylation is 1. The van der Waals surface area contributed by atoms with Crippen LogP contribution >= 0.6 is 0 Å². The third-order valence-electron chi connectivity index (χ3n) is 3.12. The maximum atomic E-state index is 11.8. The predicted molar refractivity (Wildman–Crippen MR) is 80.0 cm³/mol. The van der Waals surface area contributed by atoms with Crippen molar-refractivity contribution in [3.05, 3.63) is 65.2 Å². The first kappa shape index (κ1) is 14.3. The first-order valence-electron chi connectivity index (χ1n) is 6.71. The molecule has 104 valence electrons. The second-order valence-corrected chi connectivity index (χ2v) is 4.72. The van der Waals surface area contributed by atoms with Gasteiger partial charge in [0.15, 0.2) is 5.78 Å². The maximum absolute atomic E-state index is 11.8. The van der Waals surface area contributed by atoms with Gasteiger partial charge in [-0.1, -0.05) is 42.5 Å². The molecule has 20 heavy (non-hydrogen) atoms. The highest BCUT2D eigenvalue weighted by Crippen LogP contribution is 2.21. The summed E-state index contributed by atoms with van der Waals surface area (Å²) in [6.45, 7) is 2.83. The van der Waals surface area contributed by atoms with Gasteiger partial charge in [0.1, 0.15) is 12.4 Å². The van der Waals surface area contributed by atoms with Crippen LogP contribution in [0.5, 0.6) is 5.75 Å². The number of benzene rings is 2. The molecule has 0 fully saturated rings. The molecule has 3 heteroatoms. The predicted octanol–water partition coefficient (Wildman–Crippen LogP) is 3.11. The van der Waals surface area contributed by atoms with E-state index in [1.165, 1.54) is 0 Å². The van der Waals surface area contributed by atoms with E-state index in [0.29, 0.717) is 25.1 Å². The lowest BCUT2D eigenvalue weighted by Gasteiger charge is -2.10. The normalized spacial score (nSPS) is 10.3. The van der Waals surface area contributed by atoms with Gasteiger partial charge in [-0.15, -0.1) is 0 Å². The molecule has 0 aliphatic carbocycles. The van der Waals surface area contributed by atoms with Crippen LogP contribution in [0.25, 0.3) is 0 Å². The van der Waals surface area contributed by atoms with Crippen LogP contribution < -0.4 is 10.5 Å². The zero-order valence-electron chi connectivity index (χ0n) is 11.6. The van der Waals surface area contributed by atoms with Gasteiger partial charge in [0.05, 0.1) is 0 Å². The number of hydrogen-bond acceptors (Lipinski definition) is 3. The third-order valence-corrected chi connectivity index (χ3v) is 3.12. The van der Waals surface area contributed by atoms with E-state index in [-0.39, 0.29) is 5.78 Å². The van der Waals surface area contributed by atoms with Crippen LogP contribution in [0, 0.1) is 6.92 Å². The summed E-state index contributed by atoms with van der Waals surface area (Å²) in [5, 5.41) is 0. The smallest absolute Gasteiger partial charge is 0.164 e. The molecular weight excluding hydrogens is 250 g/mol. The lowest BCUT2D eigenvalue weighted by atomic mass is 10.1. The van der Waals surface area contributed by atoms with Crippen molar-refractivity contribution < 1.29 is 9.53 Å². The minimum Gasteiger partial charge on any atom is -0.489 e. The fraction of sp³-hybridized carbons (Fsp3) is 0.235. The van der Waals surface area contributed by atoms with Crippen molar-refractivity contribution in [1.29, 1.82) is 0 Å². The molecule has 2 aromatic carbocycles. The van der Waals surface area contributed by atoms with Crippen LogP contribution in [0.3, 0.4) is 0 Å². The lowest BCUT2D eigenvalue weighted by molar-refractivity contribution is 0.0985. The molecule has 0 heterocycles. The Kier molecular flexibility index (Phi) is 4.91. The fourth-order valence-electron chi connectivity index (χ4n) is 1.94. The number of Topliss-reactive ketones (excluding diaryl/α,β-unsaturated/α-hetero) is 1. The van der Waals surface area contributed by atoms with Crippen molar-refractivity contribution in [1.82, 2.24) is 0 Å². The Morgan fingerprint density at radius 3 is 2.60 bits per heavy atom. The Morgan fingerprint density at radius 1 is 1.15 bits per heavy atom. The maximum Gasteiger partial charge on any atom is 0.164 e. The summed E-state index contributed by atoms with van der Waals surface area (Å²) in [5.41, 5.74) is 8.20. The highest BCUT2D eigenvalue weighted by molar-refractivity contribution is 5.96. The largest absolute Gasteiger partial charge is 0.489 e. The van der Waals surface area contributed by atoms with Crippen LogP contribution in [0.4, 0.5) is 0 Å². The number of carbonyl (C=O) groups excluding carboxylic acids is 1. The molecule has 0 saturated carbocycles. The van der Waals surface area contributed by atoms with Gasteiger partial charge in [0.2, 0.25) is 0 Å². The van der Waals surface area contributed by atoms with Gasteiger partial charge in [-0.05, 0) is 30.7 Å². The zero-order chi connectivity index (χ0) is 14.4. The highest BCUT2D eigenvalue weighted by Gasteiger charge is 2.08. The summed E-state index contributed by atoms with van der Waals surface area (Å²) in [5.74, 6) is 0.800. The van der Waals surface area contributed by atoms with E-state index in [4.69, 9.17) is 10.5 Å². The molecule has 0 aliphatic heterocycles.